The number of hydrogen-bond donors (Lipinski definition) is 2. The van der Waals surface area contributed by atoms with Gasteiger partial charge in [0.2, 0.25) is 0 Å². The maximum absolute atomic E-state index is 11.4. The average molecular weight is 627 g/mol. The normalized spacial score (nSPS) is 26.5. The molecule has 0 amide bonds. The molecule has 4 heteroatoms. The Balaban J connectivity index is 1.97. The molecule has 0 aromatic carbocycles. The second-order valence-corrected chi connectivity index (χ2v) is 14.7. The zero-order valence-electron chi connectivity index (χ0n) is 30.2. The Morgan fingerprint density at radius 2 is 1.28 bits per heavy atom. The van der Waals surface area contributed by atoms with Gasteiger partial charge in [0, 0.05) is 18.9 Å². The van der Waals surface area contributed by atoms with Gasteiger partial charge in [-0.25, -0.2) is 0 Å². The molecule has 2 aliphatic carbocycles. The van der Waals surface area contributed by atoms with E-state index in [2.05, 4.69) is 110 Å². The molecule has 250 valence electrons. The van der Waals surface area contributed by atoms with Crippen LogP contribution in [0.15, 0.2) is 124 Å². The minimum atomic E-state index is -1.09. The second kappa shape index (κ2) is 16.9. The highest BCUT2D eigenvalue weighted by atomic mass is 16.5. The summed E-state index contributed by atoms with van der Waals surface area (Å²) in [4.78, 5) is 11.4. The smallest absolute Gasteiger partial charge is 0.302 e. The van der Waals surface area contributed by atoms with Crippen molar-refractivity contribution in [2.45, 2.75) is 120 Å². The lowest BCUT2D eigenvalue weighted by Gasteiger charge is -2.44. The number of allylic oxidation sites excluding steroid dienone is 17. The summed E-state index contributed by atoms with van der Waals surface area (Å²) < 4.78 is 5.42. The molecule has 0 aliphatic heterocycles. The van der Waals surface area contributed by atoms with E-state index in [0.29, 0.717) is 12.8 Å². The van der Waals surface area contributed by atoms with Crippen molar-refractivity contribution in [2.24, 2.45) is 10.8 Å². The van der Waals surface area contributed by atoms with Crippen LogP contribution in [0.1, 0.15) is 102 Å². The van der Waals surface area contributed by atoms with Crippen molar-refractivity contribution in [3.63, 3.8) is 0 Å². The fraction of sp³-hybridized carbons (Fsp3) is 0.476. The summed E-state index contributed by atoms with van der Waals surface area (Å²) in [6.07, 6.45) is 29.0. The average Bonchev–Trinajstić information content (AvgIpc) is 2.88. The summed E-state index contributed by atoms with van der Waals surface area (Å²) in [6, 6.07) is 0. The minimum absolute atomic E-state index is 0.00944. The van der Waals surface area contributed by atoms with Gasteiger partial charge in [-0.2, -0.15) is 0 Å². The van der Waals surface area contributed by atoms with Gasteiger partial charge in [-0.15, -0.1) is 5.73 Å². The van der Waals surface area contributed by atoms with E-state index in [4.69, 9.17) is 4.74 Å². The van der Waals surface area contributed by atoms with E-state index in [-0.39, 0.29) is 29.0 Å². The largest absolute Gasteiger partial charge is 0.462 e. The van der Waals surface area contributed by atoms with Crippen molar-refractivity contribution < 1.29 is 19.7 Å². The standard InChI is InChI=1S/C42H58O4/c1-30(18-14-20-32(3)22-24-38-34(5)26-36(44)27-40(38,7)8)16-12-13-17-31(2)19-15-21-33(4)23-25-39-41(9,10)28-37(46-35(6)43)29-42(39,11)45/h12-24,36-37,44-45H,26-29H2,1-11H3/b13-12+,18-14+,19-15+,24-22+,30-16+,31-17+,32-20+,33-21+/t25?,36-,37+,42-/m1/s1. The molecule has 0 unspecified atom stereocenters. The number of hydrogen-bond acceptors (Lipinski definition) is 4. The number of rotatable bonds is 10. The predicted molar refractivity (Wildman–Crippen MR) is 194 cm³/mol. The number of aliphatic hydroxyl groups is 2. The molecule has 4 nitrogen and oxygen atoms in total. The van der Waals surface area contributed by atoms with Crippen LogP contribution in [0.2, 0.25) is 0 Å². The Bertz CT molecular complexity index is 1430. The third-order valence-corrected chi connectivity index (χ3v) is 8.61. The van der Waals surface area contributed by atoms with E-state index >= 15 is 0 Å². The van der Waals surface area contributed by atoms with E-state index < -0.39 is 5.60 Å². The number of ether oxygens (including phenoxy) is 1. The highest BCUT2D eigenvalue weighted by Gasteiger charge is 2.46. The van der Waals surface area contributed by atoms with Crippen LogP contribution in [0.5, 0.6) is 0 Å². The molecule has 2 aliphatic rings. The molecule has 2 rings (SSSR count). The van der Waals surface area contributed by atoms with Gasteiger partial charge in [-0.1, -0.05) is 123 Å². The summed E-state index contributed by atoms with van der Waals surface area (Å²) in [5.41, 5.74) is 9.85. The summed E-state index contributed by atoms with van der Waals surface area (Å²) in [6.45, 7) is 22.1. The molecule has 0 saturated heterocycles. The molecular formula is C42H58O4. The van der Waals surface area contributed by atoms with Gasteiger partial charge in [0.05, 0.1) is 11.7 Å². The van der Waals surface area contributed by atoms with Gasteiger partial charge in [-0.05, 0) is 88.9 Å². The second-order valence-electron chi connectivity index (χ2n) is 14.7. The fourth-order valence-corrected chi connectivity index (χ4v) is 6.60. The lowest BCUT2D eigenvalue weighted by Crippen LogP contribution is -2.46. The quantitative estimate of drug-likeness (QED) is 0.144. The van der Waals surface area contributed by atoms with Gasteiger partial charge >= 0.3 is 5.97 Å². The van der Waals surface area contributed by atoms with Crippen molar-refractivity contribution in [2.75, 3.05) is 0 Å². The summed E-state index contributed by atoms with van der Waals surface area (Å²) in [5.74, 6) is -0.317. The van der Waals surface area contributed by atoms with Gasteiger partial charge in [0.1, 0.15) is 6.10 Å². The predicted octanol–water partition coefficient (Wildman–Crippen LogP) is 10.1. The van der Waals surface area contributed by atoms with E-state index in [1.54, 1.807) is 6.92 Å². The molecule has 0 aromatic heterocycles. The van der Waals surface area contributed by atoms with Crippen molar-refractivity contribution in [1.82, 2.24) is 0 Å². The highest BCUT2D eigenvalue weighted by molar-refractivity contribution is 5.66. The first-order valence-corrected chi connectivity index (χ1v) is 16.5. The van der Waals surface area contributed by atoms with Gasteiger partial charge in [0.15, 0.2) is 0 Å². The fourth-order valence-electron chi connectivity index (χ4n) is 6.60. The molecule has 1 saturated carbocycles. The minimum Gasteiger partial charge on any atom is -0.462 e. The Labute approximate surface area is 279 Å². The maximum atomic E-state index is 11.4. The first-order valence-electron chi connectivity index (χ1n) is 16.5. The number of esters is 1. The van der Waals surface area contributed by atoms with Crippen LogP contribution in [0.3, 0.4) is 0 Å². The van der Waals surface area contributed by atoms with Crippen molar-refractivity contribution in [1.29, 1.82) is 0 Å². The Kier molecular flexibility index (Phi) is 14.3. The van der Waals surface area contributed by atoms with Crippen LogP contribution >= 0.6 is 0 Å². The molecule has 3 atom stereocenters. The van der Waals surface area contributed by atoms with Gasteiger partial charge in [0.25, 0.3) is 0 Å². The number of carbonyl (C=O) groups excluding carboxylic acids is 1. The van der Waals surface area contributed by atoms with E-state index in [0.717, 1.165) is 35.1 Å². The van der Waals surface area contributed by atoms with Gasteiger partial charge in [-0.3, -0.25) is 4.79 Å². The summed E-state index contributed by atoms with van der Waals surface area (Å²) in [7, 11) is 0. The monoisotopic (exact) mass is 626 g/mol. The third kappa shape index (κ3) is 12.8. The van der Waals surface area contributed by atoms with Crippen molar-refractivity contribution in [3.05, 3.63) is 124 Å². The third-order valence-electron chi connectivity index (χ3n) is 8.61. The molecule has 46 heavy (non-hydrogen) atoms. The molecule has 0 aromatic rings. The molecule has 2 N–H and O–H groups in total. The Morgan fingerprint density at radius 1 is 0.761 bits per heavy atom. The first-order chi connectivity index (χ1) is 21.3. The van der Waals surface area contributed by atoms with E-state index in [1.807, 2.05) is 37.3 Å². The lowest BCUT2D eigenvalue weighted by atomic mass is 9.65. The lowest BCUT2D eigenvalue weighted by molar-refractivity contribution is -0.152. The Hall–Kier alpha value is -3.43. The molecule has 0 bridgehead atoms. The van der Waals surface area contributed by atoms with Crippen molar-refractivity contribution in [3.8, 4) is 0 Å². The molecule has 0 spiro atoms. The van der Waals surface area contributed by atoms with Crippen molar-refractivity contribution >= 4 is 5.97 Å². The number of carbonyl (C=O) groups is 1. The van der Waals surface area contributed by atoms with Crippen LogP contribution in [0.4, 0.5) is 0 Å². The Morgan fingerprint density at radius 3 is 1.80 bits per heavy atom. The zero-order valence-corrected chi connectivity index (χ0v) is 30.2. The van der Waals surface area contributed by atoms with Crippen LogP contribution in [-0.4, -0.2) is 34.0 Å². The summed E-state index contributed by atoms with van der Waals surface area (Å²) in [5, 5.41) is 21.2. The zero-order chi connectivity index (χ0) is 34.7. The molecule has 1 fully saturated rings. The number of aliphatic hydroxyl groups excluding tert-OH is 1. The van der Waals surface area contributed by atoms with Crippen LogP contribution < -0.4 is 0 Å². The van der Waals surface area contributed by atoms with Gasteiger partial charge < -0.3 is 14.9 Å². The van der Waals surface area contributed by atoms with E-state index in [1.165, 1.54) is 23.6 Å². The topological polar surface area (TPSA) is 66.8 Å². The first kappa shape index (κ1) is 38.8. The van der Waals surface area contributed by atoms with Crippen LogP contribution in [0, 0.1) is 10.8 Å². The highest BCUT2D eigenvalue weighted by Crippen LogP contribution is 2.46. The molecular weight excluding hydrogens is 568 g/mol. The van der Waals surface area contributed by atoms with Crippen LogP contribution in [0.25, 0.3) is 0 Å². The molecule has 0 radical (unpaired) electrons. The van der Waals surface area contributed by atoms with E-state index in [9.17, 15) is 15.0 Å². The summed E-state index contributed by atoms with van der Waals surface area (Å²) >= 11 is 0. The maximum Gasteiger partial charge on any atom is 0.302 e. The van der Waals surface area contributed by atoms with Crippen LogP contribution in [-0.2, 0) is 9.53 Å². The molecule has 0 heterocycles. The SMILES string of the molecule is CC(=O)O[C@H]1CC(C)(C)C(=C=C/C(C)=C/C=C/C(C)=C/C=C/C=C(C)/C=C/C=C(C)/C=C/C2=C(C)C[C@@H](O)CC2(C)C)[C@](C)(O)C1.